The second-order valence-corrected chi connectivity index (χ2v) is 5.01. The molecule has 1 fully saturated rings. The van der Waals surface area contributed by atoms with Crippen LogP contribution in [0.2, 0.25) is 0 Å². The highest BCUT2D eigenvalue weighted by molar-refractivity contribution is 5.93. The monoisotopic (exact) mass is 278 g/mol. The van der Waals surface area contributed by atoms with Crippen LogP contribution in [0.25, 0.3) is 0 Å². The first-order valence-corrected chi connectivity index (χ1v) is 6.79. The normalized spacial score (nSPS) is 13.3. The van der Waals surface area contributed by atoms with Crippen molar-refractivity contribution in [3.05, 3.63) is 48.2 Å². The lowest BCUT2D eigenvalue weighted by Crippen LogP contribution is -2.14. The maximum Gasteiger partial charge on any atom is 0.228 e. The number of nitriles is 1. The summed E-state index contributed by atoms with van der Waals surface area (Å²) in [6, 6.07) is 12.9. The number of hydrogen-bond acceptors (Lipinski definition) is 4. The van der Waals surface area contributed by atoms with Gasteiger partial charge in [0.05, 0.1) is 23.5 Å². The number of benzene rings is 1. The van der Waals surface area contributed by atoms with E-state index in [2.05, 4.69) is 21.7 Å². The molecule has 1 amide bonds. The van der Waals surface area contributed by atoms with Gasteiger partial charge in [0.25, 0.3) is 0 Å². The van der Waals surface area contributed by atoms with E-state index in [4.69, 9.17) is 5.26 Å². The molecule has 0 radical (unpaired) electrons. The molecule has 0 aliphatic heterocycles. The fourth-order valence-corrected chi connectivity index (χ4v) is 1.91. The van der Waals surface area contributed by atoms with E-state index < -0.39 is 0 Å². The maximum atomic E-state index is 11.6. The molecule has 0 saturated heterocycles. The van der Waals surface area contributed by atoms with E-state index in [-0.39, 0.29) is 11.8 Å². The van der Waals surface area contributed by atoms with Gasteiger partial charge < -0.3 is 10.6 Å². The Morgan fingerprint density at radius 2 is 1.86 bits per heavy atom. The van der Waals surface area contributed by atoms with Gasteiger partial charge in [-0.1, -0.05) is 0 Å². The number of nitrogens with zero attached hydrogens (tertiary/aromatic N) is 2. The largest absolute Gasteiger partial charge is 0.354 e. The molecular formula is C16H14N4O. The fourth-order valence-electron chi connectivity index (χ4n) is 1.91. The van der Waals surface area contributed by atoms with Crippen LogP contribution in [0.1, 0.15) is 18.4 Å². The molecule has 0 unspecified atom stereocenters. The van der Waals surface area contributed by atoms with Crippen molar-refractivity contribution in [3.8, 4) is 6.07 Å². The molecule has 1 aromatic heterocycles. The van der Waals surface area contributed by atoms with Gasteiger partial charge >= 0.3 is 0 Å². The molecule has 0 spiro atoms. The van der Waals surface area contributed by atoms with E-state index in [0.29, 0.717) is 11.4 Å². The molecule has 5 heteroatoms. The van der Waals surface area contributed by atoms with Gasteiger partial charge in [-0.3, -0.25) is 4.79 Å². The van der Waals surface area contributed by atoms with E-state index in [0.717, 1.165) is 24.2 Å². The van der Waals surface area contributed by atoms with Crippen LogP contribution >= 0.6 is 0 Å². The van der Waals surface area contributed by atoms with Gasteiger partial charge in [0.1, 0.15) is 5.82 Å². The number of carbonyl (C=O) groups is 1. The predicted octanol–water partition coefficient (Wildman–Crippen LogP) is 3.05. The number of aromatic nitrogens is 1. The highest BCUT2D eigenvalue weighted by Crippen LogP contribution is 2.30. The molecule has 5 nitrogen and oxygen atoms in total. The van der Waals surface area contributed by atoms with E-state index >= 15 is 0 Å². The Bertz CT molecular complexity index is 682. The summed E-state index contributed by atoms with van der Waals surface area (Å²) in [6.07, 6.45) is 3.62. The van der Waals surface area contributed by atoms with Crippen LogP contribution in [0.4, 0.5) is 17.2 Å². The number of pyridine rings is 1. The lowest BCUT2D eigenvalue weighted by Gasteiger charge is -2.07. The topological polar surface area (TPSA) is 77.8 Å². The number of amides is 1. The summed E-state index contributed by atoms with van der Waals surface area (Å²) in [5.41, 5.74) is 2.33. The van der Waals surface area contributed by atoms with Crippen LogP contribution < -0.4 is 10.6 Å². The quantitative estimate of drug-likeness (QED) is 0.901. The summed E-state index contributed by atoms with van der Waals surface area (Å²) in [6.45, 7) is 0. The Morgan fingerprint density at radius 1 is 1.14 bits per heavy atom. The minimum Gasteiger partial charge on any atom is -0.354 e. The van der Waals surface area contributed by atoms with Crippen molar-refractivity contribution in [2.24, 2.45) is 5.92 Å². The summed E-state index contributed by atoms with van der Waals surface area (Å²) in [5.74, 6) is 0.788. The van der Waals surface area contributed by atoms with E-state index in [1.54, 1.807) is 24.4 Å². The van der Waals surface area contributed by atoms with Gasteiger partial charge in [-0.25, -0.2) is 4.98 Å². The number of nitrogens with one attached hydrogen (secondary N) is 2. The number of hydrogen-bond donors (Lipinski definition) is 2. The van der Waals surface area contributed by atoms with Crippen molar-refractivity contribution in [1.82, 2.24) is 4.98 Å². The molecule has 2 N–H and O–H groups in total. The summed E-state index contributed by atoms with van der Waals surface area (Å²) in [5, 5.41) is 14.7. The Labute approximate surface area is 122 Å². The van der Waals surface area contributed by atoms with Crippen molar-refractivity contribution in [3.63, 3.8) is 0 Å². The van der Waals surface area contributed by atoms with Gasteiger partial charge in [-0.05, 0) is 49.2 Å². The SMILES string of the molecule is N#Cc1ccc(Nc2ccc(NC(=O)C3CC3)nc2)cc1. The van der Waals surface area contributed by atoms with Crippen molar-refractivity contribution in [2.75, 3.05) is 10.6 Å². The average Bonchev–Trinajstić information content (AvgIpc) is 3.35. The molecule has 0 atom stereocenters. The summed E-state index contributed by atoms with van der Waals surface area (Å²) < 4.78 is 0. The Kier molecular flexibility index (Phi) is 3.52. The van der Waals surface area contributed by atoms with Crippen LogP contribution in [0, 0.1) is 17.2 Å². The third-order valence-electron chi connectivity index (χ3n) is 3.27. The van der Waals surface area contributed by atoms with Crippen LogP contribution in [-0.2, 0) is 4.79 Å². The van der Waals surface area contributed by atoms with Gasteiger partial charge in [0.15, 0.2) is 0 Å². The predicted molar refractivity (Wildman–Crippen MR) is 80.0 cm³/mol. The molecule has 1 saturated carbocycles. The second-order valence-electron chi connectivity index (χ2n) is 5.01. The summed E-state index contributed by atoms with van der Waals surface area (Å²) in [7, 11) is 0. The van der Waals surface area contributed by atoms with E-state index in [1.807, 2.05) is 18.2 Å². The first-order chi connectivity index (χ1) is 10.2. The smallest absolute Gasteiger partial charge is 0.228 e. The molecule has 21 heavy (non-hydrogen) atoms. The molecule has 2 aromatic rings. The highest BCUT2D eigenvalue weighted by atomic mass is 16.2. The van der Waals surface area contributed by atoms with Crippen molar-refractivity contribution < 1.29 is 4.79 Å². The lowest BCUT2D eigenvalue weighted by atomic mass is 10.2. The molecule has 1 aliphatic rings. The van der Waals surface area contributed by atoms with Gasteiger partial charge in [0.2, 0.25) is 5.91 Å². The summed E-state index contributed by atoms with van der Waals surface area (Å²) >= 11 is 0. The fraction of sp³-hybridized carbons (Fsp3) is 0.188. The Morgan fingerprint density at radius 3 is 2.43 bits per heavy atom. The van der Waals surface area contributed by atoms with Crippen molar-refractivity contribution in [2.45, 2.75) is 12.8 Å². The Balaban J connectivity index is 1.63. The van der Waals surface area contributed by atoms with E-state index in [9.17, 15) is 4.79 Å². The maximum absolute atomic E-state index is 11.6. The van der Waals surface area contributed by atoms with Gasteiger partial charge in [0, 0.05) is 11.6 Å². The first-order valence-electron chi connectivity index (χ1n) is 6.79. The summed E-state index contributed by atoms with van der Waals surface area (Å²) in [4.78, 5) is 15.8. The van der Waals surface area contributed by atoms with Crippen LogP contribution in [0.15, 0.2) is 42.6 Å². The molecule has 3 rings (SSSR count). The zero-order chi connectivity index (χ0) is 14.7. The van der Waals surface area contributed by atoms with Crippen molar-refractivity contribution >= 4 is 23.1 Å². The van der Waals surface area contributed by atoms with Gasteiger partial charge in [-0.15, -0.1) is 0 Å². The minimum atomic E-state index is 0.0512. The molecule has 1 aliphatic carbocycles. The third kappa shape index (κ3) is 3.37. The molecule has 1 heterocycles. The number of rotatable bonds is 4. The van der Waals surface area contributed by atoms with Crippen LogP contribution in [0.5, 0.6) is 0 Å². The Hall–Kier alpha value is -2.87. The average molecular weight is 278 g/mol. The minimum absolute atomic E-state index is 0.0512. The molecule has 0 bridgehead atoms. The van der Waals surface area contributed by atoms with Crippen molar-refractivity contribution in [1.29, 1.82) is 5.26 Å². The standard InChI is InChI=1S/C16H14N4O/c17-9-11-1-5-13(6-2-11)19-14-7-8-15(18-10-14)20-16(21)12-3-4-12/h1-2,5-8,10,12,19H,3-4H2,(H,18,20,21). The molecule has 1 aromatic carbocycles. The number of anilines is 3. The van der Waals surface area contributed by atoms with Crippen LogP contribution in [0.3, 0.4) is 0 Å². The zero-order valence-corrected chi connectivity index (χ0v) is 11.3. The zero-order valence-electron chi connectivity index (χ0n) is 11.3. The highest BCUT2D eigenvalue weighted by Gasteiger charge is 2.29. The van der Waals surface area contributed by atoms with E-state index in [1.165, 1.54) is 0 Å². The number of carbonyl (C=O) groups excluding carboxylic acids is 1. The molecule has 104 valence electrons. The third-order valence-corrected chi connectivity index (χ3v) is 3.27. The van der Waals surface area contributed by atoms with Gasteiger partial charge in [-0.2, -0.15) is 5.26 Å². The second kappa shape index (κ2) is 5.63. The first kappa shape index (κ1) is 13.1. The van der Waals surface area contributed by atoms with Crippen LogP contribution in [-0.4, -0.2) is 10.9 Å². The lowest BCUT2D eigenvalue weighted by molar-refractivity contribution is -0.117. The molecular weight excluding hydrogens is 264 g/mol.